The number of ether oxygens (including phenoxy) is 4. The van der Waals surface area contributed by atoms with Crippen LogP contribution in [0.25, 0.3) is 0 Å². The molecule has 41 heavy (non-hydrogen) atoms. The number of aromatic hydroxyl groups is 1. The van der Waals surface area contributed by atoms with Crippen LogP contribution in [0.5, 0.6) is 23.0 Å². The van der Waals surface area contributed by atoms with Gasteiger partial charge in [0.1, 0.15) is 12.6 Å². The van der Waals surface area contributed by atoms with Crippen molar-refractivity contribution in [1.29, 1.82) is 5.26 Å². The predicted octanol–water partition coefficient (Wildman–Crippen LogP) is 3.18. The normalized spacial score (nSPS) is 30.1. The highest BCUT2D eigenvalue weighted by Crippen LogP contribution is 2.62. The predicted molar refractivity (Wildman–Crippen MR) is 148 cm³/mol. The molecule has 2 saturated heterocycles. The number of thioether (sulfide) groups is 1. The number of Topliss-reactive ketones (excluding diaryl/α,β-unsaturated/α-hetero) is 1. The van der Waals surface area contributed by atoms with E-state index in [9.17, 15) is 20.0 Å². The van der Waals surface area contributed by atoms with Crippen LogP contribution in [0.4, 0.5) is 0 Å². The van der Waals surface area contributed by atoms with Crippen LogP contribution in [0, 0.1) is 32.1 Å². The van der Waals surface area contributed by atoms with Crippen molar-refractivity contribution in [3.05, 3.63) is 45.0 Å². The molecule has 214 valence electrons. The fourth-order valence-corrected chi connectivity index (χ4v) is 9.26. The number of fused-ring (bicyclic) bond motifs is 9. The molecule has 2 aromatic carbocycles. The number of esters is 1. The number of methoxy groups -OCH3 is 1. The molecule has 0 unspecified atom stereocenters. The first kappa shape index (κ1) is 26.4. The van der Waals surface area contributed by atoms with Crippen LogP contribution in [0.1, 0.15) is 56.3 Å². The van der Waals surface area contributed by atoms with E-state index in [-0.39, 0.29) is 48.3 Å². The quantitative estimate of drug-likeness (QED) is 0.397. The second-order valence-electron chi connectivity index (χ2n) is 11.5. The summed E-state index contributed by atoms with van der Waals surface area (Å²) in [6.07, 6.45) is 0.558. The molecule has 0 aromatic heterocycles. The maximum Gasteiger partial charge on any atom is 0.375 e. The van der Waals surface area contributed by atoms with E-state index >= 15 is 0 Å². The number of aryl methyl sites for hydroxylation is 1. The third kappa shape index (κ3) is 3.44. The standard InChI is InChI=1S/C30H31N3O7S/c1-12-6-15-7-16-17(8-31)33-18-9-38-30(36)19(34)10-41-29(20-13(2)14(3)27-28(22(18)20)40-11-39-27)24(33)23(32(16)4)21(15)25(35)26(12)37-5/h6,16-18,23-24,29,35H,7,9-11H2,1-5H3/t16-,17-,18-,23+,24-,29+/m0/s1. The van der Waals surface area contributed by atoms with Gasteiger partial charge in [-0.3, -0.25) is 14.6 Å². The largest absolute Gasteiger partial charge is 0.504 e. The lowest BCUT2D eigenvalue weighted by atomic mass is 9.71. The molecule has 5 aliphatic heterocycles. The molecular weight excluding hydrogens is 546 g/mol. The van der Waals surface area contributed by atoms with Crippen LogP contribution in [0.2, 0.25) is 0 Å². The Morgan fingerprint density at radius 3 is 2.59 bits per heavy atom. The number of cyclic esters (lactones) is 1. The Kier molecular flexibility index (Phi) is 5.98. The van der Waals surface area contributed by atoms with Crippen molar-refractivity contribution in [3.63, 3.8) is 0 Å². The number of nitrogens with zero attached hydrogens (tertiary/aromatic N) is 3. The Morgan fingerprint density at radius 1 is 1.10 bits per heavy atom. The highest BCUT2D eigenvalue weighted by Gasteiger charge is 2.60. The van der Waals surface area contributed by atoms with Crippen molar-refractivity contribution >= 4 is 23.5 Å². The first-order valence-electron chi connectivity index (χ1n) is 13.7. The number of phenolic OH excluding ortho intramolecular Hbond substituents is 1. The number of hydrogen-bond donors (Lipinski definition) is 1. The van der Waals surface area contributed by atoms with Gasteiger partial charge in [-0.15, -0.1) is 11.8 Å². The van der Waals surface area contributed by atoms with Gasteiger partial charge in [0.15, 0.2) is 23.0 Å². The maximum absolute atomic E-state index is 12.8. The topological polar surface area (TPSA) is 122 Å². The molecule has 0 radical (unpaired) electrons. The molecule has 10 nitrogen and oxygen atoms in total. The monoisotopic (exact) mass is 577 g/mol. The number of benzene rings is 2. The number of carbonyl (C=O) groups excluding carboxylic acids is 2. The minimum Gasteiger partial charge on any atom is -0.504 e. The number of piperazine rings is 1. The molecule has 0 spiro atoms. The molecular formula is C30H31N3O7S. The Balaban J connectivity index is 1.55. The van der Waals surface area contributed by atoms with Crippen molar-refractivity contribution in [3.8, 4) is 29.1 Å². The van der Waals surface area contributed by atoms with Gasteiger partial charge in [0.25, 0.3) is 0 Å². The van der Waals surface area contributed by atoms with Gasteiger partial charge < -0.3 is 24.1 Å². The number of rotatable bonds is 1. The van der Waals surface area contributed by atoms with Gasteiger partial charge in [0.2, 0.25) is 12.6 Å². The zero-order chi connectivity index (χ0) is 28.9. The van der Waals surface area contributed by atoms with E-state index in [2.05, 4.69) is 21.9 Å². The summed E-state index contributed by atoms with van der Waals surface area (Å²) >= 11 is 1.38. The van der Waals surface area contributed by atoms with Gasteiger partial charge in [0, 0.05) is 28.5 Å². The third-order valence-electron chi connectivity index (χ3n) is 9.68. The van der Waals surface area contributed by atoms with Gasteiger partial charge in [0.05, 0.1) is 31.0 Å². The van der Waals surface area contributed by atoms with Crippen molar-refractivity contribution in [2.24, 2.45) is 0 Å². The fourth-order valence-electron chi connectivity index (χ4n) is 7.85. The Bertz CT molecular complexity index is 1570. The van der Waals surface area contributed by atoms with Crippen LogP contribution in [-0.4, -0.2) is 78.1 Å². The van der Waals surface area contributed by atoms with Crippen molar-refractivity contribution < 1.29 is 33.6 Å². The lowest BCUT2D eigenvalue weighted by molar-refractivity contribution is -0.157. The lowest BCUT2D eigenvalue weighted by Crippen LogP contribution is -2.69. The zero-order valence-electron chi connectivity index (χ0n) is 23.5. The molecule has 5 heterocycles. The Labute approximate surface area is 242 Å². The van der Waals surface area contributed by atoms with E-state index in [1.165, 1.54) is 11.8 Å². The first-order chi connectivity index (χ1) is 19.7. The average molecular weight is 578 g/mol. The summed E-state index contributed by atoms with van der Waals surface area (Å²) in [7, 11) is 3.56. The van der Waals surface area contributed by atoms with Crippen molar-refractivity contribution in [2.45, 2.75) is 62.7 Å². The van der Waals surface area contributed by atoms with E-state index < -0.39 is 23.8 Å². The molecule has 7 rings (SSSR count). The minimum atomic E-state index is -0.869. The maximum atomic E-state index is 12.8. The summed E-state index contributed by atoms with van der Waals surface area (Å²) in [6.45, 7) is 5.92. The number of nitriles is 1. The van der Waals surface area contributed by atoms with Crippen molar-refractivity contribution in [2.75, 3.05) is 33.3 Å². The number of phenols is 1. The van der Waals surface area contributed by atoms with Gasteiger partial charge in [-0.05, 0) is 62.1 Å². The summed E-state index contributed by atoms with van der Waals surface area (Å²) in [6, 6.07) is 2.67. The molecule has 11 heteroatoms. The summed E-state index contributed by atoms with van der Waals surface area (Å²) in [5.74, 6) is 0.286. The van der Waals surface area contributed by atoms with Crippen LogP contribution in [-0.2, 0) is 20.7 Å². The smallest absolute Gasteiger partial charge is 0.375 e. The van der Waals surface area contributed by atoms with Crippen LogP contribution >= 0.6 is 11.8 Å². The highest BCUT2D eigenvalue weighted by molar-refractivity contribution is 8.00. The SMILES string of the molecule is COc1c(C)cc2c(c1O)[C@@H]1[C@H]3[C@@H]4SCC(=O)C(=O)OC[C@@H](c5c6c(c(C)c(C)c54)OCO6)N3[C@@H](C#N)[C@H](C2)N1C. The zero-order valence-corrected chi connectivity index (χ0v) is 24.3. The fraction of sp³-hybridized carbons (Fsp3) is 0.500. The summed E-state index contributed by atoms with van der Waals surface area (Å²) in [4.78, 5) is 29.9. The molecule has 6 atom stereocenters. The molecule has 0 amide bonds. The Hall–Kier alpha value is -3.46. The second-order valence-corrected chi connectivity index (χ2v) is 12.6. The summed E-state index contributed by atoms with van der Waals surface area (Å²) in [5.41, 5.74) is 6.45. The Morgan fingerprint density at radius 2 is 1.85 bits per heavy atom. The summed E-state index contributed by atoms with van der Waals surface area (Å²) in [5, 5.41) is 22.1. The second kappa shape index (κ2) is 9.28. The van der Waals surface area contributed by atoms with Crippen LogP contribution in [0.15, 0.2) is 6.07 Å². The third-order valence-corrected chi connectivity index (χ3v) is 11.0. The minimum absolute atomic E-state index is 0.0714. The lowest BCUT2D eigenvalue weighted by Gasteiger charge is -2.61. The molecule has 1 N–H and O–H groups in total. The van der Waals surface area contributed by atoms with Gasteiger partial charge in [-0.2, -0.15) is 5.26 Å². The summed E-state index contributed by atoms with van der Waals surface area (Å²) < 4.78 is 23.3. The molecule has 2 aromatic rings. The molecule has 4 bridgehead atoms. The molecule has 2 fully saturated rings. The first-order valence-corrected chi connectivity index (χ1v) is 14.8. The van der Waals surface area contributed by atoms with E-state index in [0.717, 1.165) is 38.9 Å². The van der Waals surface area contributed by atoms with Gasteiger partial charge in [-0.25, -0.2) is 4.79 Å². The van der Waals surface area contributed by atoms with E-state index in [4.69, 9.17) is 18.9 Å². The van der Waals surface area contributed by atoms with Gasteiger partial charge >= 0.3 is 5.97 Å². The van der Waals surface area contributed by atoms with E-state index in [1.807, 2.05) is 27.8 Å². The number of ketones is 1. The number of hydrogen-bond acceptors (Lipinski definition) is 11. The van der Waals surface area contributed by atoms with Crippen LogP contribution in [0.3, 0.4) is 0 Å². The van der Waals surface area contributed by atoms with E-state index in [1.54, 1.807) is 7.11 Å². The molecule has 0 aliphatic carbocycles. The van der Waals surface area contributed by atoms with Crippen LogP contribution < -0.4 is 14.2 Å². The molecule has 0 saturated carbocycles. The number of likely N-dealkylation sites (N-methyl/N-ethyl adjacent to an activating group) is 1. The van der Waals surface area contributed by atoms with Crippen molar-refractivity contribution in [1.82, 2.24) is 9.80 Å². The van der Waals surface area contributed by atoms with E-state index in [0.29, 0.717) is 23.7 Å². The van der Waals surface area contributed by atoms with Gasteiger partial charge in [-0.1, -0.05) is 6.07 Å². The average Bonchev–Trinajstić information content (AvgIpc) is 3.44. The highest BCUT2D eigenvalue weighted by atomic mass is 32.2. The molecule has 5 aliphatic rings. The number of carbonyl (C=O) groups is 2.